The monoisotopic (exact) mass is 364 g/mol. The van der Waals surface area contributed by atoms with Crippen molar-refractivity contribution in [1.29, 1.82) is 0 Å². The van der Waals surface area contributed by atoms with Crippen LogP contribution in [0.1, 0.15) is 16.1 Å². The second-order valence-electron chi connectivity index (χ2n) is 4.45. The van der Waals surface area contributed by atoms with Crippen LogP contribution in [-0.2, 0) is 0 Å². The van der Waals surface area contributed by atoms with Gasteiger partial charge in [0, 0.05) is 10.9 Å². The summed E-state index contributed by atoms with van der Waals surface area (Å²) in [6.07, 6.45) is 0. The van der Waals surface area contributed by atoms with E-state index in [0.717, 1.165) is 9.86 Å². The summed E-state index contributed by atoms with van der Waals surface area (Å²) in [5.41, 5.74) is 1.12. The van der Waals surface area contributed by atoms with Gasteiger partial charge in [0.2, 0.25) is 5.78 Å². The first-order valence-electron chi connectivity index (χ1n) is 6.16. The Kier molecular flexibility index (Phi) is 3.74. The lowest BCUT2D eigenvalue weighted by Crippen LogP contribution is -2.00. The van der Waals surface area contributed by atoms with Crippen molar-refractivity contribution >= 4 is 44.3 Å². The molecule has 3 aromatic rings. The Morgan fingerprint density at radius 3 is 2.76 bits per heavy atom. The zero-order chi connectivity index (χ0) is 15.0. The van der Waals surface area contributed by atoms with E-state index in [1.807, 2.05) is 18.2 Å². The predicted molar refractivity (Wildman–Crippen MR) is 85.4 cm³/mol. The summed E-state index contributed by atoms with van der Waals surface area (Å²) < 4.78 is 11.6. The smallest absolute Gasteiger partial charge is 0.228 e. The molecule has 0 spiro atoms. The van der Waals surface area contributed by atoms with Gasteiger partial charge in [-0.3, -0.25) is 4.79 Å². The third kappa shape index (κ3) is 2.57. The van der Waals surface area contributed by atoms with Gasteiger partial charge in [-0.1, -0.05) is 23.7 Å². The summed E-state index contributed by atoms with van der Waals surface area (Å²) in [7, 11) is 1.51. The molecular weight excluding hydrogens is 356 g/mol. The molecule has 1 aromatic heterocycles. The Hall–Kier alpha value is -1.78. The van der Waals surface area contributed by atoms with E-state index in [1.165, 1.54) is 7.11 Å². The number of rotatable bonds is 3. The van der Waals surface area contributed by atoms with Crippen molar-refractivity contribution in [2.75, 3.05) is 7.11 Å². The number of carbonyl (C=O) groups is 1. The number of benzene rings is 2. The van der Waals surface area contributed by atoms with Crippen LogP contribution in [0.2, 0.25) is 5.02 Å². The number of fused-ring (bicyclic) bond motifs is 1. The summed E-state index contributed by atoms with van der Waals surface area (Å²) in [6.45, 7) is 0. The van der Waals surface area contributed by atoms with Crippen molar-refractivity contribution < 1.29 is 13.9 Å². The van der Waals surface area contributed by atoms with Gasteiger partial charge in [0.25, 0.3) is 0 Å². The minimum atomic E-state index is -0.215. The molecule has 0 fully saturated rings. The maximum absolute atomic E-state index is 12.5. The molecule has 2 aromatic carbocycles. The number of ketones is 1. The van der Waals surface area contributed by atoms with Gasteiger partial charge in [-0.2, -0.15) is 0 Å². The molecule has 21 heavy (non-hydrogen) atoms. The maximum atomic E-state index is 12.5. The van der Waals surface area contributed by atoms with Gasteiger partial charge in [0.05, 0.1) is 16.6 Å². The van der Waals surface area contributed by atoms with E-state index >= 15 is 0 Å². The van der Waals surface area contributed by atoms with Gasteiger partial charge in [-0.15, -0.1) is 0 Å². The van der Waals surface area contributed by atoms with Crippen molar-refractivity contribution in [2.24, 2.45) is 0 Å². The van der Waals surface area contributed by atoms with E-state index in [1.54, 1.807) is 24.3 Å². The fourth-order valence-electron chi connectivity index (χ4n) is 2.08. The summed E-state index contributed by atoms with van der Waals surface area (Å²) in [5.74, 6) is 0.522. The highest BCUT2D eigenvalue weighted by molar-refractivity contribution is 9.10. The lowest BCUT2D eigenvalue weighted by molar-refractivity contribution is 0.101. The first-order chi connectivity index (χ1) is 10.1. The molecule has 0 bridgehead atoms. The van der Waals surface area contributed by atoms with Gasteiger partial charge in [0.1, 0.15) is 11.3 Å². The van der Waals surface area contributed by atoms with Crippen LogP contribution < -0.4 is 4.74 Å². The fourth-order valence-corrected chi connectivity index (χ4v) is 2.74. The topological polar surface area (TPSA) is 39.4 Å². The second kappa shape index (κ2) is 5.54. The number of halogens is 2. The lowest BCUT2D eigenvalue weighted by Gasteiger charge is -2.04. The van der Waals surface area contributed by atoms with Crippen molar-refractivity contribution in [2.45, 2.75) is 0 Å². The second-order valence-corrected chi connectivity index (χ2v) is 5.71. The number of methoxy groups -OCH3 is 1. The van der Waals surface area contributed by atoms with Gasteiger partial charge >= 0.3 is 0 Å². The zero-order valence-corrected chi connectivity index (χ0v) is 13.4. The summed E-state index contributed by atoms with van der Waals surface area (Å²) in [4.78, 5) is 12.5. The van der Waals surface area contributed by atoms with Crippen molar-refractivity contribution in [3.63, 3.8) is 0 Å². The SMILES string of the molecule is COc1cc(C(=O)c2cc3cccc(Br)c3o2)ccc1Cl. The standard InChI is InChI=1S/C16H10BrClO3/c1-20-13-7-9(5-6-12(13)18)15(19)14-8-10-3-2-4-11(17)16(10)21-14/h2-8H,1H3. The van der Waals surface area contributed by atoms with Crippen LogP contribution in [0.15, 0.2) is 51.4 Å². The average Bonchev–Trinajstić information content (AvgIpc) is 2.92. The van der Waals surface area contributed by atoms with Crippen LogP contribution in [0, 0.1) is 0 Å². The largest absolute Gasteiger partial charge is 0.495 e. The Labute approximate surface area is 134 Å². The molecule has 0 saturated carbocycles. The van der Waals surface area contributed by atoms with Gasteiger partial charge < -0.3 is 9.15 Å². The summed E-state index contributed by atoms with van der Waals surface area (Å²) in [6, 6.07) is 12.3. The number of para-hydroxylation sites is 1. The molecule has 106 valence electrons. The molecule has 0 aliphatic rings. The molecule has 0 unspecified atom stereocenters. The molecule has 0 radical (unpaired) electrons. The molecule has 3 nitrogen and oxygen atoms in total. The molecule has 0 amide bonds. The Bertz CT molecular complexity index is 839. The molecule has 0 saturated heterocycles. The lowest BCUT2D eigenvalue weighted by atomic mass is 10.1. The quantitative estimate of drug-likeness (QED) is 0.607. The van der Waals surface area contributed by atoms with E-state index in [2.05, 4.69) is 15.9 Å². The van der Waals surface area contributed by atoms with Crippen molar-refractivity contribution in [3.8, 4) is 5.75 Å². The van der Waals surface area contributed by atoms with Crippen LogP contribution in [0.4, 0.5) is 0 Å². The highest BCUT2D eigenvalue weighted by Gasteiger charge is 2.17. The van der Waals surface area contributed by atoms with Crippen LogP contribution in [0.3, 0.4) is 0 Å². The fraction of sp³-hybridized carbons (Fsp3) is 0.0625. The van der Waals surface area contributed by atoms with Crippen LogP contribution >= 0.6 is 27.5 Å². The minimum Gasteiger partial charge on any atom is -0.495 e. The van der Waals surface area contributed by atoms with Crippen molar-refractivity contribution in [1.82, 2.24) is 0 Å². The van der Waals surface area contributed by atoms with Gasteiger partial charge in [-0.25, -0.2) is 0 Å². The number of furan rings is 1. The Morgan fingerprint density at radius 1 is 1.24 bits per heavy atom. The molecule has 0 atom stereocenters. The zero-order valence-electron chi connectivity index (χ0n) is 11.0. The average molecular weight is 366 g/mol. The van der Waals surface area contributed by atoms with Crippen LogP contribution in [-0.4, -0.2) is 12.9 Å². The highest BCUT2D eigenvalue weighted by Crippen LogP contribution is 2.30. The highest BCUT2D eigenvalue weighted by atomic mass is 79.9. The van der Waals surface area contributed by atoms with E-state index in [-0.39, 0.29) is 11.5 Å². The summed E-state index contributed by atoms with van der Waals surface area (Å²) in [5, 5.41) is 1.33. The third-order valence-corrected chi connectivity index (χ3v) is 4.07. The van der Waals surface area contributed by atoms with E-state index in [0.29, 0.717) is 21.9 Å². The molecule has 5 heteroatoms. The number of hydrogen-bond donors (Lipinski definition) is 0. The Morgan fingerprint density at radius 2 is 2.05 bits per heavy atom. The maximum Gasteiger partial charge on any atom is 0.228 e. The molecule has 0 N–H and O–H groups in total. The van der Waals surface area contributed by atoms with Gasteiger partial charge in [0.15, 0.2) is 5.76 Å². The summed E-state index contributed by atoms with van der Waals surface area (Å²) >= 11 is 9.37. The van der Waals surface area contributed by atoms with Crippen LogP contribution in [0.25, 0.3) is 11.0 Å². The third-order valence-electron chi connectivity index (χ3n) is 3.13. The molecule has 0 aliphatic heterocycles. The van der Waals surface area contributed by atoms with E-state index < -0.39 is 0 Å². The first-order valence-corrected chi connectivity index (χ1v) is 7.33. The Balaban J connectivity index is 2.06. The molecular formula is C16H10BrClO3. The number of carbonyl (C=O) groups excluding carboxylic acids is 1. The minimum absolute atomic E-state index is 0.215. The first kappa shape index (κ1) is 14.2. The van der Waals surface area contributed by atoms with Crippen LogP contribution in [0.5, 0.6) is 5.75 Å². The molecule has 3 rings (SSSR count). The van der Waals surface area contributed by atoms with Crippen molar-refractivity contribution in [3.05, 3.63) is 63.3 Å². The molecule has 0 aliphatic carbocycles. The van der Waals surface area contributed by atoms with E-state index in [4.69, 9.17) is 20.8 Å². The molecule has 1 heterocycles. The number of hydrogen-bond acceptors (Lipinski definition) is 3. The number of ether oxygens (including phenoxy) is 1. The van der Waals surface area contributed by atoms with Gasteiger partial charge in [-0.05, 0) is 46.3 Å². The predicted octanol–water partition coefficient (Wildman–Crippen LogP) is 5.09. The van der Waals surface area contributed by atoms with E-state index in [9.17, 15) is 4.79 Å². The normalized spacial score (nSPS) is 10.8.